The smallest absolute Gasteiger partial charge is 0.264 e. The maximum absolute atomic E-state index is 11.7. The molecule has 2 fully saturated rings. The van der Waals surface area contributed by atoms with E-state index in [-0.39, 0.29) is 6.10 Å². The number of hydrogen-bond acceptors (Lipinski definition) is 7. The highest BCUT2D eigenvalue weighted by molar-refractivity contribution is 7.86. The highest BCUT2D eigenvalue weighted by Crippen LogP contribution is 2.42. The third-order valence-corrected chi connectivity index (χ3v) is 4.83. The van der Waals surface area contributed by atoms with Crippen molar-refractivity contribution in [3.63, 3.8) is 0 Å². The van der Waals surface area contributed by atoms with Gasteiger partial charge in [0.25, 0.3) is 10.1 Å². The van der Waals surface area contributed by atoms with E-state index in [1.165, 1.54) is 7.11 Å². The molecule has 0 bridgehead atoms. The number of hydrogen-bond donors (Lipinski definition) is 0. The van der Waals surface area contributed by atoms with Gasteiger partial charge < -0.3 is 14.2 Å². The van der Waals surface area contributed by atoms with Crippen molar-refractivity contribution in [2.75, 3.05) is 13.4 Å². The molecule has 0 unspecified atom stereocenters. The summed E-state index contributed by atoms with van der Waals surface area (Å²) in [6.45, 7) is 0. The first-order chi connectivity index (χ1) is 11.9. The number of azide groups is 1. The molecule has 2 heterocycles. The van der Waals surface area contributed by atoms with E-state index < -0.39 is 40.8 Å². The molecule has 1 aromatic carbocycles. The molecule has 0 N–H and O–H groups in total. The zero-order valence-corrected chi connectivity index (χ0v) is 14.6. The molecule has 6 atom stereocenters. The van der Waals surface area contributed by atoms with E-state index in [0.29, 0.717) is 6.42 Å². The average molecular weight is 369 g/mol. The molecule has 0 aliphatic carbocycles. The molecule has 1 aromatic rings. The Bertz CT molecular complexity index is 752. The fraction of sp³-hybridized carbons (Fsp3) is 0.600. The zero-order chi connectivity index (χ0) is 18.0. The third kappa shape index (κ3) is 3.95. The summed E-state index contributed by atoms with van der Waals surface area (Å²) < 4.78 is 45.7. The maximum atomic E-state index is 11.7. The van der Waals surface area contributed by atoms with Crippen LogP contribution in [0.25, 0.3) is 10.4 Å². The Morgan fingerprint density at radius 1 is 1.28 bits per heavy atom. The van der Waals surface area contributed by atoms with Gasteiger partial charge in [0.2, 0.25) is 0 Å². The van der Waals surface area contributed by atoms with E-state index in [2.05, 4.69) is 10.0 Å². The first-order valence-corrected chi connectivity index (χ1v) is 9.55. The van der Waals surface area contributed by atoms with E-state index in [1.54, 1.807) is 0 Å². The molecule has 10 heteroatoms. The number of methoxy groups -OCH3 is 1. The van der Waals surface area contributed by atoms with Crippen LogP contribution in [0.3, 0.4) is 0 Å². The van der Waals surface area contributed by atoms with Gasteiger partial charge in [0.1, 0.15) is 18.2 Å². The summed E-state index contributed by atoms with van der Waals surface area (Å²) in [6, 6.07) is 8.55. The fourth-order valence-corrected chi connectivity index (χ4v) is 3.90. The van der Waals surface area contributed by atoms with E-state index in [0.717, 1.165) is 11.8 Å². The lowest BCUT2D eigenvalue weighted by Gasteiger charge is -2.40. The van der Waals surface area contributed by atoms with Crippen molar-refractivity contribution in [1.29, 1.82) is 0 Å². The van der Waals surface area contributed by atoms with E-state index in [9.17, 15) is 8.42 Å². The molecule has 0 radical (unpaired) electrons. The Balaban J connectivity index is 1.91. The molecule has 0 aromatic heterocycles. The molecule has 0 amide bonds. The van der Waals surface area contributed by atoms with Gasteiger partial charge in [-0.3, -0.25) is 4.18 Å². The van der Waals surface area contributed by atoms with Gasteiger partial charge in [-0.05, 0) is 11.1 Å². The van der Waals surface area contributed by atoms with Gasteiger partial charge in [-0.15, -0.1) is 0 Å². The van der Waals surface area contributed by atoms with Crippen molar-refractivity contribution in [3.05, 3.63) is 46.3 Å². The molecule has 9 nitrogen and oxygen atoms in total. The Morgan fingerprint density at radius 2 is 2.00 bits per heavy atom. The highest BCUT2D eigenvalue weighted by atomic mass is 32.2. The second-order valence-corrected chi connectivity index (χ2v) is 7.58. The first kappa shape index (κ1) is 18.1. The molecule has 2 aliphatic rings. The van der Waals surface area contributed by atoms with Crippen molar-refractivity contribution in [1.82, 2.24) is 0 Å². The van der Waals surface area contributed by atoms with Crippen LogP contribution in [0.5, 0.6) is 0 Å². The topological polar surface area (TPSA) is 120 Å². The normalized spacial score (nSPS) is 35.0. The second-order valence-electron chi connectivity index (χ2n) is 5.97. The third-order valence-electron chi connectivity index (χ3n) is 4.26. The van der Waals surface area contributed by atoms with Crippen LogP contribution >= 0.6 is 0 Å². The quantitative estimate of drug-likeness (QED) is 0.338. The summed E-state index contributed by atoms with van der Waals surface area (Å²) in [7, 11) is -2.41. The van der Waals surface area contributed by atoms with Gasteiger partial charge in [-0.25, -0.2) is 0 Å². The monoisotopic (exact) mass is 369 g/mol. The van der Waals surface area contributed by atoms with Crippen LogP contribution in [0.2, 0.25) is 0 Å². The lowest BCUT2D eigenvalue weighted by Crippen LogP contribution is -2.57. The predicted octanol–water partition coefficient (Wildman–Crippen LogP) is 1.91. The molecular weight excluding hydrogens is 350 g/mol. The van der Waals surface area contributed by atoms with E-state index in [4.69, 9.17) is 23.9 Å². The largest absolute Gasteiger partial charge is 0.365 e. The summed E-state index contributed by atoms with van der Waals surface area (Å²) >= 11 is 0. The number of rotatable bonds is 5. The summed E-state index contributed by atoms with van der Waals surface area (Å²) in [4.78, 5) is 2.76. The van der Waals surface area contributed by atoms with Crippen LogP contribution in [-0.4, -0.2) is 52.4 Å². The van der Waals surface area contributed by atoms with Crippen molar-refractivity contribution in [2.45, 2.75) is 43.2 Å². The second kappa shape index (κ2) is 7.28. The van der Waals surface area contributed by atoms with Gasteiger partial charge in [0, 0.05) is 18.4 Å². The minimum atomic E-state index is -3.80. The van der Waals surface area contributed by atoms with Crippen molar-refractivity contribution >= 4 is 10.1 Å². The molecule has 0 spiro atoms. The average Bonchev–Trinajstić information content (AvgIpc) is 3.00. The molecule has 2 saturated heterocycles. The standard InChI is InChI=1S/C15H19N3O6S/c1-21-15-12(17-18-16)14(24-25(2,19)20)13-11(23-15)8-10(22-13)9-6-4-3-5-7-9/h3-7,10-15H,8H2,1-2H3/t10-,11+,12-,13-,14+,15+/m0/s1. The van der Waals surface area contributed by atoms with Crippen molar-refractivity contribution in [2.24, 2.45) is 5.11 Å². The fourth-order valence-electron chi connectivity index (χ4n) is 3.27. The first-order valence-electron chi connectivity index (χ1n) is 7.74. The van der Waals surface area contributed by atoms with Crippen LogP contribution < -0.4 is 0 Å². The van der Waals surface area contributed by atoms with Gasteiger partial charge in [-0.1, -0.05) is 35.4 Å². The number of ether oxygens (including phenoxy) is 3. The number of benzene rings is 1. The Hall–Kier alpha value is -1.68. The summed E-state index contributed by atoms with van der Waals surface area (Å²) in [6.07, 6.45) is -1.89. The minimum Gasteiger partial charge on any atom is -0.365 e. The maximum Gasteiger partial charge on any atom is 0.264 e. The summed E-state index contributed by atoms with van der Waals surface area (Å²) in [5.74, 6) is 0. The Labute approximate surface area is 145 Å². The zero-order valence-electron chi connectivity index (χ0n) is 13.8. The molecule has 2 aliphatic heterocycles. The van der Waals surface area contributed by atoms with Crippen molar-refractivity contribution < 1.29 is 26.8 Å². The lowest BCUT2D eigenvalue weighted by molar-refractivity contribution is -0.234. The summed E-state index contributed by atoms with van der Waals surface area (Å²) in [5, 5.41) is 3.62. The van der Waals surface area contributed by atoms with Crippen LogP contribution in [-0.2, 0) is 28.5 Å². The predicted molar refractivity (Wildman–Crippen MR) is 87.0 cm³/mol. The van der Waals surface area contributed by atoms with Gasteiger partial charge >= 0.3 is 0 Å². The van der Waals surface area contributed by atoms with Gasteiger partial charge in [0.05, 0.1) is 18.5 Å². The van der Waals surface area contributed by atoms with Crippen LogP contribution in [0.1, 0.15) is 18.1 Å². The lowest BCUT2D eigenvalue weighted by atomic mass is 9.96. The van der Waals surface area contributed by atoms with Crippen LogP contribution in [0.15, 0.2) is 35.4 Å². The molecule has 136 valence electrons. The van der Waals surface area contributed by atoms with Gasteiger partial charge in [-0.2, -0.15) is 8.42 Å². The number of nitrogens with zero attached hydrogens (tertiary/aromatic N) is 3. The van der Waals surface area contributed by atoms with E-state index >= 15 is 0 Å². The van der Waals surface area contributed by atoms with Crippen LogP contribution in [0, 0.1) is 0 Å². The van der Waals surface area contributed by atoms with E-state index in [1.807, 2.05) is 30.3 Å². The minimum absolute atomic E-state index is 0.274. The van der Waals surface area contributed by atoms with Crippen LogP contribution in [0.4, 0.5) is 0 Å². The molecule has 3 rings (SSSR count). The molecule has 0 saturated carbocycles. The summed E-state index contributed by atoms with van der Waals surface area (Å²) in [5.41, 5.74) is 9.77. The Morgan fingerprint density at radius 3 is 2.60 bits per heavy atom. The number of fused-ring (bicyclic) bond motifs is 1. The van der Waals surface area contributed by atoms with Gasteiger partial charge in [0.15, 0.2) is 6.29 Å². The Kier molecular flexibility index (Phi) is 5.28. The highest BCUT2D eigenvalue weighted by Gasteiger charge is 2.53. The SMILES string of the molecule is CO[C@@H]1O[C@@H]2C[C@@H](c3ccccc3)O[C@@H]2[C@H](OS(C)(=O)=O)[C@@H]1N=[N+]=[N-]. The molecular formula is C15H19N3O6S. The van der Waals surface area contributed by atoms with Crippen molar-refractivity contribution in [3.8, 4) is 0 Å². The molecule has 25 heavy (non-hydrogen) atoms.